The molecule has 2 rings (SSSR count). The number of methoxy groups -OCH3 is 3. The van der Waals surface area contributed by atoms with Gasteiger partial charge in [-0.15, -0.1) is 0 Å². The first-order valence-electron chi connectivity index (χ1n) is 8.86. The van der Waals surface area contributed by atoms with E-state index in [0.717, 1.165) is 6.08 Å². The van der Waals surface area contributed by atoms with Crippen molar-refractivity contribution in [2.75, 3.05) is 33.3 Å². The van der Waals surface area contributed by atoms with Gasteiger partial charge in [0.05, 0.1) is 27.0 Å². The number of esters is 1. The van der Waals surface area contributed by atoms with Crippen molar-refractivity contribution in [1.29, 1.82) is 0 Å². The molecule has 0 aliphatic heterocycles. The zero-order valence-electron chi connectivity index (χ0n) is 17.0. The van der Waals surface area contributed by atoms with Crippen molar-refractivity contribution in [3.63, 3.8) is 0 Å². The number of para-hydroxylation sites is 2. The molecule has 31 heavy (non-hydrogen) atoms. The summed E-state index contributed by atoms with van der Waals surface area (Å²) in [5.41, 5.74) is 0.589. The summed E-state index contributed by atoms with van der Waals surface area (Å²) in [5, 5.41) is 2.34. The van der Waals surface area contributed by atoms with Crippen LogP contribution < -0.4 is 24.3 Å². The highest BCUT2D eigenvalue weighted by Crippen LogP contribution is 2.38. The van der Waals surface area contributed by atoms with Crippen LogP contribution in [0.15, 0.2) is 42.5 Å². The summed E-state index contributed by atoms with van der Waals surface area (Å²) >= 11 is 0. The standard InChI is InChI=1S/C21H21F2NO7/c1-27-16-10-13(11-17(28-2)20(16)29-3)8-9-19(26)30-12-18(25)24-14-6-4-5-7-15(14)31-21(22)23/h4-11,21H,12H2,1-3H3,(H,24,25)/b9-8+. The molecule has 0 atom stereocenters. The minimum absolute atomic E-state index is 0.0248. The Bertz CT molecular complexity index is 922. The average Bonchev–Trinajstić information content (AvgIpc) is 2.76. The molecule has 166 valence electrons. The van der Waals surface area contributed by atoms with Gasteiger partial charge in [0.15, 0.2) is 18.1 Å². The SMILES string of the molecule is COc1cc(/C=C/C(=O)OCC(=O)Nc2ccccc2OC(F)F)cc(OC)c1OC. The summed E-state index contributed by atoms with van der Waals surface area (Å²) < 4.78 is 49.7. The molecule has 0 saturated heterocycles. The monoisotopic (exact) mass is 437 g/mol. The lowest BCUT2D eigenvalue weighted by Crippen LogP contribution is -2.20. The van der Waals surface area contributed by atoms with Crippen LogP contribution in [0.2, 0.25) is 0 Å². The number of carbonyl (C=O) groups is 2. The number of alkyl halides is 2. The van der Waals surface area contributed by atoms with Crippen molar-refractivity contribution >= 4 is 23.6 Å². The lowest BCUT2D eigenvalue weighted by molar-refractivity contribution is -0.142. The number of rotatable bonds is 10. The fraction of sp³-hybridized carbons (Fsp3) is 0.238. The smallest absolute Gasteiger partial charge is 0.387 e. The highest BCUT2D eigenvalue weighted by molar-refractivity contribution is 5.95. The number of halogens is 2. The summed E-state index contributed by atoms with van der Waals surface area (Å²) in [4.78, 5) is 23.9. The van der Waals surface area contributed by atoms with E-state index in [-0.39, 0.29) is 11.4 Å². The van der Waals surface area contributed by atoms with Crippen molar-refractivity contribution in [3.8, 4) is 23.0 Å². The second kappa shape index (κ2) is 11.4. The van der Waals surface area contributed by atoms with Crippen LogP contribution in [0.25, 0.3) is 6.08 Å². The van der Waals surface area contributed by atoms with E-state index in [1.165, 1.54) is 51.7 Å². The van der Waals surface area contributed by atoms with Gasteiger partial charge in [-0.25, -0.2) is 4.79 Å². The Balaban J connectivity index is 1.97. The molecule has 0 radical (unpaired) electrons. The lowest BCUT2D eigenvalue weighted by Gasteiger charge is -2.12. The van der Waals surface area contributed by atoms with Crippen LogP contribution in [0.3, 0.4) is 0 Å². The first kappa shape index (κ1) is 23.5. The highest BCUT2D eigenvalue weighted by atomic mass is 19.3. The third kappa shape index (κ3) is 6.88. The molecular weight excluding hydrogens is 416 g/mol. The molecule has 10 heteroatoms. The second-order valence-electron chi connectivity index (χ2n) is 5.82. The maximum absolute atomic E-state index is 12.4. The Morgan fingerprint density at radius 1 is 1.00 bits per heavy atom. The molecule has 0 aliphatic carbocycles. The van der Waals surface area contributed by atoms with Gasteiger partial charge in [0.2, 0.25) is 5.75 Å². The van der Waals surface area contributed by atoms with Crippen molar-refractivity contribution in [1.82, 2.24) is 0 Å². The number of hydrogen-bond donors (Lipinski definition) is 1. The molecule has 1 amide bonds. The van der Waals surface area contributed by atoms with E-state index in [0.29, 0.717) is 22.8 Å². The minimum Gasteiger partial charge on any atom is -0.493 e. The quantitative estimate of drug-likeness (QED) is 0.449. The summed E-state index contributed by atoms with van der Waals surface area (Å²) in [6.45, 7) is -3.67. The number of carbonyl (C=O) groups excluding carboxylic acids is 2. The number of anilines is 1. The normalized spacial score (nSPS) is 10.6. The van der Waals surface area contributed by atoms with Gasteiger partial charge in [0.25, 0.3) is 5.91 Å². The fourth-order valence-corrected chi connectivity index (χ4v) is 2.50. The van der Waals surface area contributed by atoms with Crippen molar-refractivity contribution in [3.05, 3.63) is 48.0 Å². The Hall–Kier alpha value is -3.82. The maximum Gasteiger partial charge on any atom is 0.387 e. The Morgan fingerprint density at radius 3 is 2.23 bits per heavy atom. The van der Waals surface area contributed by atoms with Crippen molar-refractivity contribution < 1.29 is 42.1 Å². The zero-order chi connectivity index (χ0) is 22.8. The molecule has 2 aromatic carbocycles. The van der Waals surface area contributed by atoms with Gasteiger partial charge in [-0.05, 0) is 35.9 Å². The minimum atomic E-state index is -3.05. The summed E-state index contributed by atoms with van der Waals surface area (Å²) in [5.74, 6) is -0.518. The third-order valence-electron chi connectivity index (χ3n) is 3.82. The predicted octanol–water partition coefficient (Wildman–Crippen LogP) is 3.51. The summed E-state index contributed by atoms with van der Waals surface area (Å²) in [6.07, 6.45) is 2.55. The molecular formula is C21H21F2NO7. The molecule has 8 nitrogen and oxygen atoms in total. The van der Waals surface area contributed by atoms with Crippen LogP contribution in [0.1, 0.15) is 5.56 Å². The first-order valence-corrected chi connectivity index (χ1v) is 8.86. The number of amides is 1. The van der Waals surface area contributed by atoms with Gasteiger partial charge in [-0.2, -0.15) is 8.78 Å². The molecule has 0 fully saturated rings. The van der Waals surface area contributed by atoms with Gasteiger partial charge in [-0.1, -0.05) is 12.1 Å². The molecule has 0 saturated carbocycles. The Labute approximate surface area is 177 Å². The van der Waals surface area contributed by atoms with E-state index in [9.17, 15) is 18.4 Å². The zero-order valence-corrected chi connectivity index (χ0v) is 17.0. The number of nitrogens with one attached hydrogen (secondary N) is 1. The van der Waals surface area contributed by atoms with E-state index < -0.39 is 25.1 Å². The van der Waals surface area contributed by atoms with Gasteiger partial charge < -0.3 is 29.0 Å². The molecule has 0 aliphatic rings. The number of ether oxygens (including phenoxy) is 5. The molecule has 0 heterocycles. The number of hydrogen-bond acceptors (Lipinski definition) is 7. The molecule has 2 aromatic rings. The third-order valence-corrected chi connectivity index (χ3v) is 3.82. The van der Waals surface area contributed by atoms with E-state index in [4.69, 9.17) is 18.9 Å². The molecule has 0 spiro atoms. The van der Waals surface area contributed by atoms with E-state index >= 15 is 0 Å². The Morgan fingerprint density at radius 2 is 1.65 bits per heavy atom. The van der Waals surface area contributed by atoms with Gasteiger partial charge >= 0.3 is 12.6 Å². The summed E-state index contributed by atoms with van der Waals surface area (Å²) in [7, 11) is 4.39. The maximum atomic E-state index is 12.4. The van der Waals surface area contributed by atoms with E-state index in [2.05, 4.69) is 10.1 Å². The lowest BCUT2D eigenvalue weighted by atomic mass is 10.1. The van der Waals surface area contributed by atoms with Crippen molar-refractivity contribution in [2.45, 2.75) is 6.61 Å². The largest absolute Gasteiger partial charge is 0.493 e. The van der Waals surface area contributed by atoms with Crippen LogP contribution in [0.4, 0.5) is 14.5 Å². The van der Waals surface area contributed by atoms with E-state index in [1.54, 1.807) is 12.1 Å². The van der Waals surface area contributed by atoms with Gasteiger partial charge in [0, 0.05) is 6.08 Å². The van der Waals surface area contributed by atoms with Crippen LogP contribution in [0, 0.1) is 0 Å². The highest BCUT2D eigenvalue weighted by Gasteiger charge is 2.14. The molecule has 0 unspecified atom stereocenters. The average molecular weight is 437 g/mol. The molecule has 0 bridgehead atoms. The summed E-state index contributed by atoms with van der Waals surface area (Å²) in [6, 6.07) is 8.90. The first-order chi connectivity index (χ1) is 14.9. The Kier molecular flexibility index (Phi) is 8.62. The van der Waals surface area contributed by atoms with Gasteiger partial charge in [0.1, 0.15) is 5.75 Å². The van der Waals surface area contributed by atoms with Gasteiger partial charge in [-0.3, -0.25) is 4.79 Å². The van der Waals surface area contributed by atoms with Crippen molar-refractivity contribution in [2.24, 2.45) is 0 Å². The van der Waals surface area contributed by atoms with Crippen LogP contribution >= 0.6 is 0 Å². The van der Waals surface area contributed by atoms with Crippen LogP contribution in [0.5, 0.6) is 23.0 Å². The number of benzene rings is 2. The topological polar surface area (TPSA) is 92.3 Å². The van der Waals surface area contributed by atoms with E-state index in [1.807, 2.05) is 0 Å². The second-order valence-corrected chi connectivity index (χ2v) is 5.82. The fourth-order valence-electron chi connectivity index (χ4n) is 2.50. The molecule has 0 aromatic heterocycles. The van der Waals surface area contributed by atoms with Crippen LogP contribution in [-0.2, 0) is 14.3 Å². The predicted molar refractivity (Wildman–Crippen MR) is 108 cm³/mol. The molecule has 1 N–H and O–H groups in total. The van der Waals surface area contributed by atoms with Crippen LogP contribution in [-0.4, -0.2) is 46.4 Å².